The van der Waals surface area contributed by atoms with Gasteiger partial charge in [0.1, 0.15) is 16.8 Å². The van der Waals surface area contributed by atoms with E-state index in [2.05, 4.69) is 23.0 Å². The van der Waals surface area contributed by atoms with Crippen LogP contribution in [0.2, 0.25) is 0 Å². The molecule has 0 saturated carbocycles. The highest BCUT2D eigenvalue weighted by Crippen LogP contribution is 2.30. The lowest BCUT2D eigenvalue weighted by molar-refractivity contribution is -0.0933. The fourth-order valence-corrected chi connectivity index (χ4v) is 2.95. The Morgan fingerprint density at radius 2 is 2.33 bits per heavy atom. The van der Waals surface area contributed by atoms with E-state index in [1.54, 1.807) is 11.3 Å². The number of anilines is 1. The van der Waals surface area contributed by atoms with Crippen LogP contribution in [0.15, 0.2) is 6.07 Å². The zero-order valence-corrected chi connectivity index (χ0v) is 11.0. The van der Waals surface area contributed by atoms with Gasteiger partial charge in [-0.15, -0.1) is 11.3 Å². The second kappa shape index (κ2) is 4.79. The number of aryl methyl sites for hydroxylation is 1. The van der Waals surface area contributed by atoms with Crippen molar-refractivity contribution in [1.82, 2.24) is 9.97 Å². The van der Waals surface area contributed by atoms with E-state index in [0.717, 1.165) is 16.6 Å². The number of thiophene rings is 1. The molecule has 0 amide bonds. The molecule has 0 spiro atoms. The van der Waals surface area contributed by atoms with Crippen molar-refractivity contribution in [2.45, 2.75) is 19.4 Å². The van der Waals surface area contributed by atoms with Crippen molar-refractivity contribution in [2.24, 2.45) is 0 Å². The molecule has 0 bridgehead atoms. The molecule has 18 heavy (non-hydrogen) atoms. The van der Waals surface area contributed by atoms with Crippen molar-refractivity contribution in [2.75, 3.05) is 25.6 Å². The van der Waals surface area contributed by atoms with Crippen LogP contribution < -0.4 is 5.73 Å². The minimum Gasteiger partial charge on any atom is -0.383 e. The van der Waals surface area contributed by atoms with Gasteiger partial charge >= 0.3 is 0 Å². The van der Waals surface area contributed by atoms with Crippen LogP contribution in [0, 0.1) is 0 Å². The highest BCUT2D eigenvalue weighted by molar-refractivity contribution is 7.18. The van der Waals surface area contributed by atoms with E-state index in [9.17, 15) is 0 Å². The number of nitrogens with two attached hydrogens (primary N) is 1. The van der Waals surface area contributed by atoms with E-state index in [4.69, 9.17) is 15.2 Å². The van der Waals surface area contributed by atoms with E-state index in [0.29, 0.717) is 31.5 Å². The van der Waals surface area contributed by atoms with E-state index >= 15 is 0 Å². The quantitative estimate of drug-likeness (QED) is 0.898. The minimum absolute atomic E-state index is 0.197. The fraction of sp³-hybridized carbons (Fsp3) is 0.500. The topological polar surface area (TPSA) is 70.3 Å². The molecule has 2 aromatic heterocycles. The number of rotatable bonds is 2. The van der Waals surface area contributed by atoms with Gasteiger partial charge in [-0.3, -0.25) is 0 Å². The summed E-state index contributed by atoms with van der Waals surface area (Å²) < 4.78 is 11.0. The maximum Gasteiger partial charge on any atom is 0.163 e. The van der Waals surface area contributed by atoms with Gasteiger partial charge in [-0.2, -0.15) is 0 Å². The number of nitrogen functional groups attached to an aromatic ring is 1. The summed E-state index contributed by atoms with van der Waals surface area (Å²) in [7, 11) is 0. The normalized spacial score (nSPS) is 20.4. The van der Waals surface area contributed by atoms with Gasteiger partial charge in [0.2, 0.25) is 0 Å². The van der Waals surface area contributed by atoms with Crippen molar-refractivity contribution in [3.05, 3.63) is 16.8 Å². The Labute approximate surface area is 109 Å². The Hall–Kier alpha value is -1.24. The average molecular weight is 265 g/mol. The highest BCUT2D eigenvalue weighted by atomic mass is 32.1. The lowest BCUT2D eigenvalue weighted by Crippen LogP contribution is -2.23. The van der Waals surface area contributed by atoms with E-state index in [-0.39, 0.29) is 6.10 Å². The number of hydrogen-bond acceptors (Lipinski definition) is 6. The first-order valence-corrected chi connectivity index (χ1v) is 6.84. The highest BCUT2D eigenvalue weighted by Gasteiger charge is 2.21. The van der Waals surface area contributed by atoms with Crippen molar-refractivity contribution in [3.63, 3.8) is 0 Å². The van der Waals surface area contributed by atoms with Crippen molar-refractivity contribution >= 4 is 27.4 Å². The summed E-state index contributed by atoms with van der Waals surface area (Å²) in [6, 6.07) is 2.07. The van der Waals surface area contributed by atoms with Crippen LogP contribution in [0.1, 0.15) is 23.7 Å². The molecule has 0 aliphatic carbocycles. The monoisotopic (exact) mass is 265 g/mol. The Balaban J connectivity index is 2.02. The Morgan fingerprint density at radius 3 is 3.06 bits per heavy atom. The van der Waals surface area contributed by atoms with Crippen LogP contribution in [-0.2, 0) is 15.9 Å². The van der Waals surface area contributed by atoms with Gasteiger partial charge in [0.25, 0.3) is 0 Å². The van der Waals surface area contributed by atoms with Crippen LogP contribution >= 0.6 is 11.3 Å². The maximum atomic E-state index is 5.99. The van der Waals surface area contributed by atoms with Crippen LogP contribution in [0.4, 0.5) is 5.82 Å². The SMILES string of the molecule is CCc1cc2c(N)nc(C3COCCO3)nc2s1. The molecule has 1 aliphatic heterocycles. The first-order chi connectivity index (χ1) is 8.78. The summed E-state index contributed by atoms with van der Waals surface area (Å²) in [5, 5.41) is 0.942. The molecular weight excluding hydrogens is 250 g/mol. The molecule has 1 aliphatic rings. The summed E-state index contributed by atoms with van der Waals surface area (Å²) in [6.45, 7) is 3.83. The first kappa shape index (κ1) is 11.8. The smallest absolute Gasteiger partial charge is 0.163 e. The van der Waals surface area contributed by atoms with E-state index in [1.807, 2.05) is 0 Å². The number of hydrogen-bond donors (Lipinski definition) is 1. The number of fused-ring (bicyclic) bond motifs is 1. The molecule has 1 atom stereocenters. The van der Waals surface area contributed by atoms with Crippen molar-refractivity contribution in [3.8, 4) is 0 Å². The van der Waals surface area contributed by atoms with Gasteiger partial charge in [-0.1, -0.05) is 6.92 Å². The lowest BCUT2D eigenvalue weighted by atomic mass is 10.3. The standard InChI is InChI=1S/C12H15N3O2S/c1-2-7-5-8-10(13)14-11(15-12(8)18-7)9-6-16-3-4-17-9/h5,9H,2-4,6H2,1H3,(H2,13,14,15). The molecule has 0 aromatic carbocycles. The molecule has 2 aromatic rings. The van der Waals surface area contributed by atoms with E-state index in [1.165, 1.54) is 4.88 Å². The van der Waals surface area contributed by atoms with Gasteiger partial charge in [0.05, 0.1) is 25.2 Å². The lowest BCUT2D eigenvalue weighted by Gasteiger charge is -2.21. The Morgan fingerprint density at radius 1 is 1.44 bits per heavy atom. The third-order valence-corrected chi connectivity index (χ3v) is 4.12. The van der Waals surface area contributed by atoms with Gasteiger partial charge < -0.3 is 15.2 Å². The molecule has 5 nitrogen and oxygen atoms in total. The summed E-state index contributed by atoms with van der Waals surface area (Å²) in [6.07, 6.45) is 0.788. The van der Waals surface area contributed by atoms with Crippen LogP contribution in [0.25, 0.3) is 10.2 Å². The molecule has 2 N–H and O–H groups in total. The molecule has 3 rings (SSSR count). The van der Waals surface area contributed by atoms with E-state index < -0.39 is 0 Å². The predicted octanol–water partition coefficient (Wildman–Crippen LogP) is 1.92. The molecule has 6 heteroatoms. The van der Waals surface area contributed by atoms with Crippen LogP contribution in [0.5, 0.6) is 0 Å². The largest absolute Gasteiger partial charge is 0.383 e. The second-order valence-corrected chi connectivity index (χ2v) is 5.30. The first-order valence-electron chi connectivity index (χ1n) is 6.03. The molecule has 1 saturated heterocycles. The minimum atomic E-state index is -0.197. The molecule has 1 unspecified atom stereocenters. The Kier molecular flexibility index (Phi) is 3.15. The van der Waals surface area contributed by atoms with Gasteiger partial charge in [0, 0.05) is 4.88 Å². The fourth-order valence-electron chi connectivity index (χ4n) is 1.97. The zero-order valence-electron chi connectivity index (χ0n) is 10.2. The molecule has 0 radical (unpaired) electrons. The molecule has 96 valence electrons. The summed E-state index contributed by atoms with van der Waals surface area (Å²) in [4.78, 5) is 11.1. The zero-order chi connectivity index (χ0) is 12.5. The second-order valence-electron chi connectivity index (χ2n) is 4.19. The van der Waals surface area contributed by atoms with Crippen molar-refractivity contribution < 1.29 is 9.47 Å². The predicted molar refractivity (Wildman–Crippen MR) is 70.7 cm³/mol. The molecule has 3 heterocycles. The van der Waals surface area contributed by atoms with Gasteiger partial charge in [-0.25, -0.2) is 9.97 Å². The molecule has 1 fully saturated rings. The number of nitrogens with zero attached hydrogens (tertiary/aromatic N) is 2. The number of ether oxygens (including phenoxy) is 2. The van der Waals surface area contributed by atoms with Crippen molar-refractivity contribution in [1.29, 1.82) is 0 Å². The molecular formula is C12H15N3O2S. The third-order valence-electron chi connectivity index (χ3n) is 2.94. The summed E-state index contributed by atoms with van der Waals surface area (Å²) in [5.74, 6) is 1.16. The van der Waals surface area contributed by atoms with Crippen LogP contribution in [0.3, 0.4) is 0 Å². The van der Waals surface area contributed by atoms with Crippen LogP contribution in [-0.4, -0.2) is 29.8 Å². The average Bonchev–Trinajstić information content (AvgIpc) is 2.83. The maximum absolute atomic E-state index is 5.99. The van der Waals surface area contributed by atoms with Gasteiger partial charge in [-0.05, 0) is 12.5 Å². The number of aromatic nitrogens is 2. The summed E-state index contributed by atoms with van der Waals surface area (Å²) in [5.41, 5.74) is 5.99. The third kappa shape index (κ3) is 2.07. The Bertz CT molecular complexity index is 564. The van der Waals surface area contributed by atoms with Gasteiger partial charge in [0.15, 0.2) is 5.82 Å². The summed E-state index contributed by atoms with van der Waals surface area (Å²) >= 11 is 1.66.